The summed E-state index contributed by atoms with van der Waals surface area (Å²) in [5, 5.41) is 0. The van der Waals surface area contributed by atoms with E-state index >= 15 is 0 Å². The molecule has 0 atom stereocenters. The van der Waals surface area contributed by atoms with Crippen molar-refractivity contribution in [2.75, 3.05) is 6.54 Å². The maximum Gasteiger partial charge on any atom is 0.228 e. The van der Waals surface area contributed by atoms with Crippen LogP contribution in [0.15, 0.2) is 12.5 Å². The van der Waals surface area contributed by atoms with Crippen LogP contribution < -0.4 is 0 Å². The van der Waals surface area contributed by atoms with E-state index in [0.717, 1.165) is 24.2 Å². The lowest BCUT2D eigenvalue weighted by molar-refractivity contribution is -0.140. The van der Waals surface area contributed by atoms with Crippen LogP contribution in [0.2, 0.25) is 0 Å². The third kappa shape index (κ3) is 2.05. The summed E-state index contributed by atoms with van der Waals surface area (Å²) >= 11 is 0. The number of rotatable bonds is 0. The van der Waals surface area contributed by atoms with E-state index in [4.69, 9.17) is 0 Å². The van der Waals surface area contributed by atoms with Gasteiger partial charge >= 0.3 is 0 Å². The summed E-state index contributed by atoms with van der Waals surface area (Å²) in [5.41, 5.74) is 1.84. The molecule has 0 aliphatic carbocycles. The van der Waals surface area contributed by atoms with E-state index in [1.807, 2.05) is 31.9 Å². The van der Waals surface area contributed by atoms with Crippen LogP contribution in [0.1, 0.15) is 32.0 Å². The van der Waals surface area contributed by atoms with Crippen LogP contribution in [-0.4, -0.2) is 27.3 Å². The molecule has 0 fully saturated rings. The highest BCUT2D eigenvalue weighted by atomic mass is 16.2. The van der Waals surface area contributed by atoms with E-state index in [-0.39, 0.29) is 11.3 Å². The standard InChI is InChI=1S/C12H17N3O/c1-12(2,3)11(16)15-5-4-10-9(7-15)6-13-8-14-10/h6,8H,4-5,7H2,1-3H3. The van der Waals surface area contributed by atoms with E-state index in [1.165, 1.54) is 0 Å². The van der Waals surface area contributed by atoms with Crippen LogP contribution >= 0.6 is 0 Å². The van der Waals surface area contributed by atoms with E-state index in [0.29, 0.717) is 6.54 Å². The molecule has 4 nitrogen and oxygen atoms in total. The van der Waals surface area contributed by atoms with Gasteiger partial charge in [-0.2, -0.15) is 0 Å². The summed E-state index contributed by atoms with van der Waals surface area (Å²) in [7, 11) is 0. The van der Waals surface area contributed by atoms with Gasteiger partial charge in [0.2, 0.25) is 5.91 Å². The number of carbonyl (C=O) groups is 1. The van der Waals surface area contributed by atoms with Gasteiger partial charge in [0, 0.05) is 36.7 Å². The first-order valence-electron chi connectivity index (χ1n) is 5.55. The maximum atomic E-state index is 12.1. The molecule has 0 unspecified atom stereocenters. The minimum absolute atomic E-state index is 0.196. The Balaban J connectivity index is 2.17. The molecule has 0 radical (unpaired) electrons. The summed E-state index contributed by atoms with van der Waals surface area (Å²) in [5.74, 6) is 0.196. The predicted octanol–water partition coefficient (Wildman–Crippen LogP) is 1.41. The Kier molecular flexibility index (Phi) is 2.66. The van der Waals surface area contributed by atoms with E-state index < -0.39 is 0 Å². The van der Waals surface area contributed by atoms with Gasteiger partial charge in [-0.3, -0.25) is 4.79 Å². The lowest BCUT2D eigenvalue weighted by Gasteiger charge is -2.32. The fourth-order valence-corrected chi connectivity index (χ4v) is 1.91. The first-order chi connectivity index (χ1) is 7.48. The molecular formula is C12H17N3O. The molecule has 0 saturated heterocycles. The first-order valence-corrected chi connectivity index (χ1v) is 5.55. The van der Waals surface area contributed by atoms with Crippen LogP contribution in [0.4, 0.5) is 0 Å². The number of amides is 1. The molecule has 0 bridgehead atoms. The van der Waals surface area contributed by atoms with Crippen LogP contribution in [-0.2, 0) is 17.8 Å². The molecule has 2 rings (SSSR count). The van der Waals surface area contributed by atoms with E-state index in [1.54, 1.807) is 6.33 Å². The van der Waals surface area contributed by atoms with Crippen molar-refractivity contribution in [1.82, 2.24) is 14.9 Å². The number of aromatic nitrogens is 2. The predicted molar refractivity (Wildman–Crippen MR) is 60.6 cm³/mol. The van der Waals surface area contributed by atoms with E-state index in [2.05, 4.69) is 9.97 Å². The second-order valence-corrected chi connectivity index (χ2v) is 5.22. The van der Waals surface area contributed by atoms with Gasteiger partial charge < -0.3 is 4.90 Å². The van der Waals surface area contributed by atoms with Crippen LogP contribution in [0.25, 0.3) is 0 Å². The Morgan fingerprint density at radius 3 is 2.88 bits per heavy atom. The van der Waals surface area contributed by atoms with Crippen molar-refractivity contribution in [2.45, 2.75) is 33.7 Å². The molecule has 0 spiro atoms. The van der Waals surface area contributed by atoms with Crippen molar-refractivity contribution in [2.24, 2.45) is 5.41 Å². The number of fused-ring (bicyclic) bond motifs is 1. The van der Waals surface area contributed by atoms with Crippen molar-refractivity contribution in [1.29, 1.82) is 0 Å². The molecule has 1 aliphatic rings. The molecule has 4 heteroatoms. The first kappa shape index (κ1) is 11.0. The monoisotopic (exact) mass is 219 g/mol. The summed E-state index contributed by atoms with van der Waals surface area (Å²) in [6.07, 6.45) is 4.21. The molecule has 1 amide bonds. The second-order valence-electron chi connectivity index (χ2n) is 5.22. The van der Waals surface area contributed by atoms with Gasteiger partial charge in [-0.1, -0.05) is 20.8 Å². The second kappa shape index (κ2) is 3.85. The third-order valence-electron chi connectivity index (χ3n) is 2.79. The molecular weight excluding hydrogens is 202 g/mol. The smallest absolute Gasteiger partial charge is 0.228 e. The van der Waals surface area contributed by atoms with Crippen LogP contribution in [0.5, 0.6) is 0 Å². The fourth-order valence-electron chi connectivity index (χ4n) is 1.91. The van der Waals surface area contributed by atoms with Crippen LogP contribution in [0.3, 0.4) is 0 Å². The quantitative estimate of drug-likeness (QED) is 0.662. The lowest BCUT2D eigenvalue weighted by Crippen LogP contribution is -2.42. The van der Waals surface area contributed by atoms with Crippen LogP contribution in [0, 0.1) is 5.41 Å². The molecule has 1 aliphatic heterocycles. The highest BCUT2D eigenvalue weighted by molar-refractivity contribution is 5.81. The number of hydrogen-bond acceptors (Lipinski definition) is 3. The zero-order valence-corrected chi connectivity index (χ0v) is 10.0. The van der Waals surface area contributed by atoms with Crippen molar-refractivity contribution < 1.29 is 4.79 Å². The zero-order chi connectivity index (χ0) is 11.8. The SMILES string of the molecule is CC(C)(C)C(=O)N1CCc2ncncc2C1. The van der Waals surface area contributed by atoms with Gasteiger partial charge in [-0.25, -0.2) is 9.97 Å². The highest BCUT2D eigenvalue weighted by Gasteiger charge is 2.29. The van der Waals surface area contributed by atoms with E-state index in [9.17, 15) is 4.79 Å². The third-order valence-corrected chi connectivity index (χ3v) is 2.79. The molecule has 1 aromatic heterocycles. The summed E-state index contributed by atoms with van der Waals surface area (Å²) < 4.78 is 0. The van der Waals surface area contributed by atoms with Gasteiger partial charge in [0.05, 0.1) is 5.69 Å². The zero-order valence-electron chi connectivity index (χ0n) is 10.0. The topological polar surface area (TPSA) is 46.1 Å². The Morgan fingerprint density at radius 1 is 1.44 bits per heavy atom. The van der Waals surface area contributed by atoms with Gasteiger partial charge in [0.15, 0.2) is 0 Å². The average Bonchev–Trinajstić information content (AvgIpc) is 2.26. The molecule has 86 valence electrons. The Labute approximate surface area is 95.7 Å². The minimum Gasteiger partial charge on any atom is -0.337 e. The number of hydrogen-bond donors (Lipinski definition) is 0. The molecule has 2 heterocycles. The molecule has 0 aromatic carbocycles. The van der Waals surface area contributed by atoms with Crippen molar-refractivity contribution in [3.05, 3.63) is 23.8 Å². The summed E-state index contributed by atoms with van der Waals surface area (Å²) in [4.78, 5) is 22.2. The van der Waals surface area contributed by atoms with Gasteiger partial charge in [0.25, 0.3) is 0 Å². The van der Waals surface area contributed by atoms with Crippen molar-refractivity contribution in [3.63, 3.8) is 0 Å². The Bertz CT molecular complexity index is 409. The molecule has 0 N–H and O–H groups in total. The summed E-state index contributed by atoms with van der Waals surface area (Å²) in [6.45, 7) is 7.26. The van der Waals surface area contributed by atoms with Gasteiger partial charge in [-0.05, 0) is 0 Å². The number of carbonyl (C=O) groups excluding carboxylic acids is 1. The fraction of sp³-hybridized carbons (Fsp3) is 0.583. The maximum absolute atomic E-state index is 12.1. The summed E-state index contributed by atoms with van der Waals surface area (Å²) in [6, 6.07) is 0. The average molecular weight is 219 g/mol. The molecule has 16 heavy (non-hydrogen) atoms. The molecule has 1 aromatic rings. The van der Waals surface area contributed by atoms with Gasteiger partial charge in [0.1, 0.15) is 6.33 Å². The highest BCUT2D eigenvalue weighted by Crippen LogP contribution is 2.22. The normalized spacial score (nSPS) is 15.8. The largest absolute Gasteiger partial charge is 0.337 e. The van der Waals surface area contributed by atoms with Gasteiger partial charge in [-0.15, -0.1) is 0 Å². The number of nitrogens with zero attached hydrogens (tertiary/aromatic N) is 3. The van der Waals surface area contributed by atoms with Crippen molar-refractivity contribution >= 4 is 5.91 Å². The molecule has 0 saturated carbocycles. The Morgan fingerprint density at radius 2 is 2.19 bits per heavy atom. The van der Waals surface area contributed by atoms with Crippen molar-refractivity contribution in [3.8, 4) is 0 Å². The Hall–Kier alpha value is -1.45. The lowest BCUT2D eigenvalue weighted by atomic mass is 9.93. The minimum atomic E-state index is -0.312.